The van der Waals surface area contributed by atoms with Crippen molar-refractivity contribution < 1.29 is 14.9 Å². The van der Waals surface area contributed by atoms with Crippen LogP contribution in [0.2, 0.25) is 0 Å². The van der Waals surface area contributed by atoms with Gasteiger partial charge in [-0.25, -0.2) is 4.99 Å². The van der Waals surface area contributed by atoms with Crippen LogP contribution in [0.25, 0.3) is 0 Å². The Morgan fingerprint density at radius 3 is 2.50 bits per heavy atom. The van der Waals surface area contributed by atoms with Crippen LogP contribution in [0.3, 0.4) is 0 Å². The second-order valence-electron chi connectivity index (χ2n) is 13.5. The molecule has 0 spiro atoms. The minimum Gasteiger partial charge on any atom is -0.478 e. The summed E-state index contributed by atoms with van der Waals surface area (Å²) in [4.78, 5) is 4.77. The molecule has 5 aliphatic rings. The summed E-state index contributed by atoms with van der Waals surface area (Å²) < 4.78 is 5.86. The van der Waals surface area contributed by atoms with Crippen LogP contribution in [0.15, 0.2) is 4.99 Å². The molecule has 0 aromatic heterocycles. The standard InChI is InChI=1S/C28H47NO3/c1-17(6-11-25-29-26(2,3)16-32-25)21-9-10-22-20-8-7-18-14-19(30)12-13-27(18,4)23(20)15-24(31)28(21,22)5/h17-24,30-31H,6-16H2,1-5H3/t17?,18?,19-,20?,21-,22?,23?,24+,27+,28-/m1/s1. The number of hydrogen-bond acceptors (Lipinski definition) is 4. The average Bonchev–Trinajstić information content (AvgIpc) is 3.27. The van der Waals surface area contributed by atoms with Crippen molar-refractivity contribution >= 4 is 5.90 Å². The van der Waals surface area contributed by atoms with Gasteiger partial charge in [0.15, 0.2) is 5.90 Å². The Hall–Kier alpha value is -0.610. The number of rotatable bonds is 4. The molecule has 182 valence electrons. The van der Waals surface area contributed by atoms with Gasteiger partial charge in [0.1, 0.15) is 6.61 Å². The Balaban J connectivity index is 1.31. The van der Waals surface area contributed by atoms with E-state index in [1.54, 1.807) is 0 Å². The summed E-state index contributed by atoms with van der Waals surface area (Å²) in [5.74, 6) is 4.83. The number of aliphatic hydroxyl groups excluding tert-OH is 2. The van der Waals surface area contributed by atoms with Crippen LogP contribution in [0.4, 0.5) is 0 Å². The molecule has 4 fully saturated rings. The second-order valence-corrected chi connectivity index (χ2v) is 13.5. The third kappa shape index (κ3) is 3.58. The molecule has 0 bridgehead atoms. The zero-order valence-corrected chi connectivity index (χ0v) is 21.1. The predicted octanol–water partition coefficient (Wildman–Crippen LogP) is 5.60. The maximum absolute atomic E-state index is 11.7. The lowest BCUT2D eigenvalue weighted by atomic mass is 9.43. The van der Waals surface area contributed by atoms with Crippen LogP contribution in [-0.2, 0) is 4.74 Å². The van der Waals surface area contributed by atoms with E-state index in [9.17, 15) is 10.2 Å². The van der Waals surface area contributed by atoms with E-state index in [4.69, 9.17) is 9.73 Å². The molecular formula is C28H47NO3. The van der Waals surface area contributed by atoms with Gasteiger partial charge in [-0.15, -0.1) is 0 Å². The summed E-state index contributed by atoms with van der Waals surface area (Å²) in [5, 5.41) is 22.0. The molecule has 1 heterocycles. The van der Waals surface area contributed by atoms with Gasteiger partial charge in [0.05, 0.1) is 17.7 Å². The quantitative estimate of drug-likeness (QED) is 0.592. The summed E-state index contributed by atoms with van der Waals surface area (Å²) in [7, 11) is 0. The average molecular weight is 446 g/mol. The molecular weight excluding hydrogens is 398 g/mol. The molecule has 2 N–H and O–H groups in total. The van der Waals surface area contributed by atoms with Crippen molar-refractivity contribution in [2.45, 2.75) is 117 Å². The Bertz CT molecular complexity index is 749. The number of aliphatic hydroxyl groups is 2. The highest BCUT2D eigenvalue weighted by atomic mass is 16.5. The molecule has 10 atom stereocenters. The van der Waals surface area contributed by atoms with Crippen molar-refractivity contribution in [3.8, 4) is 0 Å². The first kappa shape index (κ1) is 23.1. The van der Waals surface area contributed by atoms with E-state index >= 15 is 0 Å². The van der Waals surface area contributed by atoms with Crippen molar-refractivity contribution in [2.24, 2.45) is 51.3 Å². The van der Waals surface area contributed by atoms with Gasteiger partial charge >= 0.3 is 0 Å². The van der Waals surface area contributed by atoms with Gasteiger partial charge in [0.25, 0.3) is 0 Å². The summed E-state index contributed by atoms with van der Waals surface area (Å²) in [6, 6.07) is 0. The highest BCUT2D eigenvalue weighted by Gasteiger charge is 2.63. The summed E-state index contributed by atoms with van der Waals surface area (Å²) in [6.07, 6.45) is 11.0. The Morgan fingerprint density at radius 2 is 1.78 bits per heavy atom. The fraction of sp³-hybridized carbons (Fsp3) is 0.964. The van der Waals surface area contributed by atoms with E-state index in [-0.39, 0.29) is 23.2 Å². The SMILES string of the molecule is CC(CCC1=NC(C)(C)CO1)[C@H]1CCC2C3CCC4C[C@H](O)CC[C@]4(C)C3C[C@H](O)[C@@]21C. The fourth-order valence-electron chi connectivity index (χ4n) is 9.50. The molecule has 32 heavy (non-hydrogen) atoms. The smallest absolute Gasteiger partial charge is 0.183 e. The second kappa shape index (κ2) is 7.97. The maximum atomic E-state index is 11.7. The number of aliphatic imine (C=N–C) groups is 1. The molecule has 0 aromatic carbocycles. The third-order valence-electron chi connectivity index (χ3n) is 11.3. The number of fused-ring (bicyclic) bond motifs is 5. The first-order valence-electron chi connectivity index (χ1n) is 13.6. The van der Waals surface area contributed by atoms with E-state index in [1.165, 1.54) is 25.7 Å². The first-order valence-corrected chi connectivity index (χ1v) is 13.6. The van der Waals surface area contributed by atoms with Crippen molar-refractivity contribution in [2.75, 3.05) is 6.61 Å². The molecule has 5 unspecified atom stereocenters. The molecule has 4 saturated carbocycles. The lowest BCUT2D eigenvalue weighted by molar-refractivity contribution is -0.174. The van der Waals surface area contributed by atoms with Crippen molar-refractivity contribution in [3.63, 3.8) is 0 Å². The molecule has 1 aliphatic heterocycles. The monoisotopic (exact) mass is 445 g/mol. The minimum atomic E-state index is -0.190. The summed E-state index contributed by atoms with van der Waals surface area (Å²) >= 11 is 0. The zero-order chi connectivity index (χ0) is 22.9. The molecule has 5 rings (SSSR count). The molecule has 4 nitrogen and oxygen atoms in total. The van der Waals surface area contributed by atoms with E-state index in [0.717, 1.165) is 50.3 Å². The number of nitrogens with zero attached hydrogens (tertiary/aromatic N) is 1. The fourth-order valence-corrected chi connectivity index (χ4v) is 9.50. The molecule has 0 radical (unpaired) electrons. The van der Waals surface area contributed by atoms with Gasteiger partial charge in [0.2, 0.25) is 0 Å². The van der Waals surface area contributed by atoms with Crippen LogP contribution >= 0.6 is 0 Å². The lowest BCUT2D eigenvalue weighted by Gasteiger charge is -2.62. The molecule has 4 aliphatic carbocycles. The van der Waals surface area contributed by atoms with E-state index < -0.39 is 0 Å². The van der Waals surface area contributed by atoms with Crippen molar-refractivity contribution in [1.29, 1.82) is 0 Å². The van der Waals surface area contributed by atoms with Crippen LogP contribution < -0.4 is 0 Å². The third-order valence-corrected chi connectivity index (χ3v) is 11.3. The van der Waals surface area contributed by atoms with Gasteiger partial charge in [-0.05, 0) is 118 Å². The van der Waals surface area contributed by atoms with Gasteiger partial charge in [-0.2, -0.15) is 0 Å². The highest BCUT2D eigenvalue weighted by Crippen LogP contribution is 2.68. The van der Waals surface area contributed by atoms with Crippen LogP contribution in [-0.4, -0.2) is 40.5 Å². The minimum absolute atomic E-state index is 0.0512. The topological polar surface area (TPSA) is 62.0 Å². The van der Waals surface area contributed by atoms with Crippen molar-refractivity contribution in [3.05, 3.63) is 0 Å². The highest BCUT2D eigenvalue weighted by molar-refractivity contribution is 5.78. The van der Waals surface area contributed by atoms with Crippen molar-refractivity contribution in [1.82, 2.24) is 0 Å². The van der Waals surface area contributed by atoms with Crippen LogP contribution in [0, 0.1) is 46.3 Å². The van der Waals surface area contributed by atoms with E-state index in [2.05, 4.69) is 34.6 Å². The largest absolute Gasteiger partial charge is 0.478 e. The Morgan fingerprint density at radius 1 is 1.00 bits per heavy atom. The normalized spacial score (nSPS) is 50.6. The molecule has 0 amide bonds. The molecule has 0 saturated heterocycles. The summed E-state index contributed by atoms with van der Waals surface area (Å²) in [6.45, 7) is 12.4. The molecule has 0 aromatic rings. The first-order chi connectivity index (χ1) is 15.0. The predicted molar refractivity (Wildman–Crippen MR) is 128 cm³/mol. The summed E-state index contributed by atoms with van der Waals surface area (Å²) in [5.41, 5.74) is 0.302. The molecule has 4 heteroatoms. The number of ether oxygens (including phenoxy) is 1. The Labute approximate surface area is 195 Å². The van der Waals surface area contributed by atoms with Gasteiger partial charge in [-0.3, -0.25) is 0 Å². The lowest BCUT2D eigenvalue weighted by Crippen LogP contribution is -2.58. The maximum Gasteiger partial charge on any atom is 0.183 e. The van der Waals surface area contributed by atoms with Crippen LogP contribution in [0.1, 0.15) is 98.8 Å². The van der Waals surface area contributed by atoms with E-state index in [0.29, 0.717) is 41.6 Å². The van der Waals surface area contributed by atoms with Crippen LogP contribution in [0.5, 0.6) is 0 Å². The van der Waals surface area contributed by atoms with E-state index in [1.807, 2.05) is 0 Å². The van der Waals surface area contributed by atoms with Gasteiger partial charge < -0.3 is 14.9 Å². The zero-order valence-electron chi connectivity index (χ0n) is 21.1. The Kier molecular flexibility index (Phi) is 5.76. The van der Waals surface area contributed by atoms with Gasteiger partial charge in [-0.1, -0.05) is 20.8 Å². The number of hydrogen-bond donors (Lipinski definition) is 2. The van der Waals surface area contributed by atoms with Gasteiger partial charge in [0, 0.05) is 6.42 Å².